The van der Waals surface area contributed by atoms with Crippen molar-refractivity contribution in [3.63, 3.8) is 0 Å². The van der Waals surface area contributed by atoms with Crippen molar-refractivity contribution in [2.24, 2.45) is 5.92 Å². The van der Waals surface area contributed by atoms with Crippen LogP contribution in [0, 0.1) is 19.8 Å². The van der Waals surface area contributed by atoms with Crippen LogP contribution in [0.2, 0.25) is 0 Å². The first-order valence-electron chi connectivity index (χ1n) is 10.8. The molecule has 8 nitrogen and oxygen atoms in total. The number of ether oxygens (including phenoxy) is 1. The van der Waals surface area contributed by atoms with Gasteiger partial charge in [0.1, 0.15) is 11.8 Å². The number of hydrogen-bond acceptors (Lipinski definition) is 6. The topological polar surface area (TPSA) is 86.0 Å². The van der Waals surface area contributed by atoms with Crippen LogP contribution in [0.25, 0.3) is 5.69 Å². The van der Waals surface area contributed by atoms with Crippen molar-refractivity contribution in [2.45, 2.75) is 58.2 Å². The summed E-state index contributed by atoms with van der Waals surface area (Å²) in [4.78, 5) is 26.3. The lowest BCUT2D eigenvalue weighted by molar-refractivity contribution is 0.0267. The summed E-state index contributed by atoms with van der Waals surface area (Å²) in [6.07, 6.45) is 7.73. The second-order valence-corrected chi connectivity index (χ2v) is 8.46. The Hall–Kier alpha value is -3.29. The highest BCUT2D eigenvalue weighted by Crippen LogP contribution is 2.45. The summed E-state index contributed by atoms with van der Waals surface area (Å²) in [6.45, 7) is 6.03. The highest BCUT2D eigenvalue weighted by Gasteiger charge is 2.54. The van der Waals surface area contributed by atoms with Gasteiger partial charge in [-0.3, -0.25) is 4.79 Å². The van der Waals surface area contributed by atoms with E-state index in [4.69, 9.17) is 4.74 Å². The average Bonchev–Trinajstić information content (AvgIpc) is 3.51. The molecule has 4 atom stereocenters. The second kappa shape index (κ2) is 7.76. The molecule has 0 spiro atoms. The molecule has 31 heavy (non-hydrogen) atoms. The molecular formula is C23H26N6O2. The largest absolute Gasteiger partial charge is 0.472 e. The highest BCUT2D eigenvalue weighted by atomic mass is 16.5. The molecule has 4 unspecified atom stereocenters. The molecule has 1 aliphatic heterocycles. The number of carbonyl (C=O) groups is 1. The smallest absolute Gasteiger partial charge is 0.275 e. The fourth-order valence-corrected chi connectivity index (χ4v) is 5.06. The quantitative estimate of drug-likeness (QED) is 0.633. The van der Waals surface area contributed by atoms with Crippen LogP contribution in [0.15, 0.2) is 42.9 Å². The van der Waals surface area contributed by atoms with Crippen LogP contribution in [0.4, 0.5) is 0 Å². The number of rotatable bonds is 5. The van der Waals surface area contributed by atoms with Crippen molar-refractivity contribution in [1.82, 2.24) is 29.9 Å². The molecule has 2 aliphatic rings. The van der Waals surface area contributed by atoms with Crippen molar-refractivity contribution < 1.29 is 9.53 Å². The zero-order valence-corrected chi connectivity index (χ0v) is 18.0. The van der Waals surface area contributed by atoms with Gasteiger partial charge in [0.2, 0.25) is 5.88 Å². The normalized spacial score (nSPS) is 24.5. The van der Waals surface area contributed by atoms with Crippen molar-refractivity contribution >= 4 is 5.91 Å². The van der Waals surface area contributed by atoms with Gasteiger partial charge in [-0.25, -0.2) is 9.97 Å². The van der Waals surface area contributed by atoms with Gasteiger partial charge in [0, 0.05) is 24.0 Å². The first-order chi connectivity index (χ1) is 15.0. The number of pyridine rings is 2. The number of amides is 1. The molecule has 3 aromatic heterocycles. The molecule has 8 heteroatoms. The highest BCUT2D eigenvalue weighted by molar-refractivity contribution is 5.96. The SMILES string of the molecule is CCC1C2CC(Oc3ccc(C)cn3)C(C2)N1C(=O)c1nc(C)ccc1-n1nccn1. The molecule has 1 saturated carbocycles. The number of aryl methyl sites for hydroxylation is 2. The van der Waals surface area contributed by atoms with Crippen LogP contribution in [0.1, 0.15) is 47.9 Å². The third-order valence-electron chi connectivity index (χ3n) is 6.43. The zero-order valence-electron chi connectivity index (χ0n) is 18.0. The first-order valence-corrected chi connectivity index (χ1v) is 10.8. The van der Waals surface area contributed by atoms with Crippen molar-refractivity contribution in [2.75, 3.05) is 0 Å². The zero-order chi connectivity index (χ0) is 21.5. The Kier molecular flexibility index (Phi) is 4.92. The Morgan fingerprint density at radius 2 is 1.94 bits per heavy atom. The molecular weight excluding hydrogens is 392 g/mol. The maximum atomic E-state index is 13.8. The van der Waals surface area contributed by atoms with Gasteiger partial charge in [-0.2, -0.15) is 10.2 Å². The predicted octanol–water partition coefficient (Wildman–Crippen LogP) is 3.13. The van der Waals surface area contributed by atoms with Crippen molar-refractivity contribution in [1.29, 1.82) is 0 Å². The molecule has 0 radical (unpaired) electrons. The number of nitrogens with zero attached hydrogens (tertiary/aromatic N) is 6. The third-order valence-corrected chi connectivity index (χ3v) is 6.43. The van der Waals surface area contributed by atoms with E-state index in [1.807, 2.05) is 43.0 Å². The van der Waals surface area contributed by atoms with E-state index < -0.39 is 0 Å². The summed E-state index contributed by atoms with van der Waals surface area (Å²) >= 11 is 0. The van der Waals surface area contributed by atoms with Crippen LogP contribution in [-0.4, -0.2) is 54.0 Å². The fraction of sp³-hybridized carbons (Fsp3) is 0.435. The van der Waals surface area contributed by atoms with Gasteiger partial charge < -0.3 is 9.64 Å². The number of carbonyl (C=O) groups excluding carboxylic acids is 1. The molecule has 2 bridgehead atoms. The Morgan fingerprint density at radius 3 is 2.65 bits per heavy atom. The van der Waals surface area contributed by atoms with Crippen LogP contribution in [0.3, 0.4) is 0 Å². The molecule has 2 fully saturated rings. The van der Waals surface area contributed by atoms with Gasteiger partial charge in [0.25, 0.3) is 5.91 Å². The van der Waals surface area contributed by atoms with Crippen molar-refractivity contribution in [3.05, 3.63) is 59.8 Å². The van der Waals surface area contributed by atoms with Gasteiger partial charge in [0.05, 0.1) is 18.4 Å². The van der Waals surface area contributed by atoms with E-state index >= 15 is 0 Å². The molecule has 0 N–H and O–H groups in total. The lowest BCUT2D eigenvalue weighted by Crippen LogP contribution is -2.52. The first kappa shape index (κ1) is 19.7. The minimum atomic E-state index is -0.0829. The molecule has 1 saturated heterocycles. The predicted molar refractivity (Wildman–Crippen MR) is 114 cm³/mol. The van der Waals surface area contributed by atoms with E-state index in [2.05, 4.69) is 27.1 Å². The third kappa shape index (κ3) is 3.45. The van der Waals surface area contributed by atoms with Crippen LogP contribution in [0.5, 0.6) is 5.88 Å². The minimum Gasteiger partial charge on any atom is -0.472 e. The Bertz CT molecular complexity index is 1080. The van der Waals surface area contributed by atoms with Gasteiger partial charge in [-0.1, -0.05) is 13.0 Å². The van der Waals surface area contributed by atoms with E-state index in [-0.39, 0.29) is 24.1 Å². The van der Waals surface area contributed by atoms with Gasteiger partial charge >= 0.3 is 0 Å². The van der Waals surface area contributed by atoms with E-state index in [0.717, 1.165) is 30.5 Å². The Labute approximate surface area is 181 Å². The van der Waals surface area contributed by atoms with E-state index in [9.17, 15) is 4.79 Å². The molecule has 3 aromatic rings. The molecule has 0 aromatic carbocycles. The Morgan fingerprint density at radius 1 is 1.13 bits per heavy atom. The van der Waals surface area contributed by atoms with Crippen molar-refractivity contribution in [3.8, 4) is 11.6 Å². The summed E-state index contributed by atoms with van der Waals surface area (Å²) < 4.78 is 6.24. The number of likely N-dealkylation sites (tertiary alicyclic amines) is 1. The maximum absolute atomic E-state index is 13.8. The number of hydrogen-bond donors (Lipinski definition) is 0. The lowest BCUT2D eigenvalue weighted by atomic mass is 9.95. The summed E-state index contributed by atoms with van der Waals surface area (Å²) in [5.74, 6) is 0.949. The number of piperidine rings is 1. The molecule has 5 rings (SSSR count). The van der Waals surface area contributed by atoms with E-state index in [1.165, 1.54) is 4.80 Å². The number of fused-ring (bicyclic) bond motifs is 2. The standard InChI is InChI=1S/C23H26N6O2/c1-4-17-16-11-19(20(12-16)31-21-8-5-14(2)13-24-21)28(17)23(30)22-18(7-6-15(3)27-22)29-25-9-10-26-29/h5-10,13,16-17,19-20H,4,11-12H2,1-3H3. The number of aromatic nitrogens is 5. The van der Waals surface area contributed by atoms with Gasteiger partial charge in [0.15, 0.2) is 5.69 Å². The Balaban J connectivity index is 1.47. The monoisotopic (exact) mass is 418 g/mol. The second-order valence-electron chi connectivity index (χ2n) is 8.46. The summed E-state index contributed by atoms with van der Waals surface area (Å²) in [5.41, 5.74) is 2.85. The molecule has 160 valence electrons. The summed E-state index contributed by atoms with van der Waals surface area (Å²) in [7, 11) is 0. The summed E-state index contributed by atoms with van der Waals surface area (Å²) in [6, 6.07) is 7.81. The maximum Gasteiger partial charge on any atom is 0.275 e. The van der Waals surface area contributed by atoms with Gasteiger partial charge in [-0.05, 0) is 56.7 Å². The lowest BCUT2D eigenvalue weighted by Gasteiger charge is -2.39. The van der Waals surface area contributed by atoms with E-state index in [0.29, 0.717) is 23.2 Å². The average molecular weight is 419 g/mol. The summed E-state index contributed by atoms with van der Waals surface area (Å²) in [5, 5.41) is 8.43. The van der Waals surface area contributed by atoms with Crippen LogP contribution in [-0.2, 0) is 0 Å². The molecule has 1 aliphatic carbocycles. The molecule has 4 heterocycles. The minimum absolute atomic E-state index is 0.00583. The van der Waals surface area contributed by atoms with Gasteiger partial charge in [-0.15, -0.1) is 4.80 Å². The van der Waals surface area contributed by atoms with E-state index in [1.54, 1.807) is 18.6 Å². The van der Waals surface area contributed by atoms with Crippen LogP contribution >= 0.6 is 0 Å². The fourth-order valence-electron chi connectivity index (χ4n) is 5.06. The van der Waals surface area contributed by atoms with Crippen LogP contribution < -0.4 is 4.74 Å². The molecule has 1 amide bonds.